The standard InChI is InChI=1S/C16H15N5O3S2/c1-7-19-9-6-8(2-3-10(9)24-7)20-14(23)12-11(17)13-15(25-12)21-16(26-13)18-4-5-22/h2-3,6,22H,4-5,17H2,1H3,(H,18,21)(H,20,23). The fourth-order valence-electron chi connectivity index (χ4n) is 2.52. The third kappa shape index (κ3) is 2.98. The molecule has 0 spiro atoms. The summed E-state index contributed by atoms with van der Waals surface area (Å²) in [7, 11) is 0. The van der Waals surface area contributed by atoms with Crippen LogP contribution in [0.1, 0.15) is 15.6 Å². The Bertz CT molecular complexity index is 1110. The molecular weight excluding hydrogens is 374 g/mol. The molecule has 3 aromatic heterocycles. The molecule has 26 heavy (non-hydrogen) atoms. The molecule has 8 nitrogen and oxygen atoms in total. The Balaban J connectivity index is 1.58. The average Bonchev–Trinajstić information content (AvgIpc) is 3.26. The van der Waals surface area contributed by atoms with Crippen molar-refractivity contribution in [2.75, 3.05) is 29.5 Å². The van der Waals surface area contributed by atoms with Gasteiger partial charge in [-0.1, -0.05) is 11.3 Å². The van der Waals surface area contributed by atoms with Crippen molar-refractivity contribution < 1.29 is 14.3 Å². The van der Waals surface area contributed by atoms with Crippen LogP contribution in [0.5, 0.6) is 0 Å². The number of thiazole rings is 1. The maximum Gasteiger partial charge on any atom is 0.267 e. The molecule has 134 valence electrons. The first-order valence-corrected chi connectivity index (χ1v) is 9.40. The van der Waals surface area contributed by atoms with Gasteiger partial charge in [0.2, 0.25) is 0 Å². The second-order valence-corrected chi connectivity index (χ2v) is 7.52. The van der Waals surface area contributed by atoms with Gasteiger partial charge in [0.1, 0.15) is 15.2 Å². The van der Waals surface area contributed by atoms with E-state index < -0.39 is 0 Å². The van der Waals surface area contributed by atoms with E-state index in [1.807, 2.05) is 0 Å². The second-order valence-electron chi connectivity index (χ2n) is 5.52. The molecule has 0 radical (unpaired) electrons. The Morgan fingerprint density at radius 1 is 1.35 bits per heavy atom. The summed E-state index contributed by atoms with van der Waals surface area (Å²) < 4.78 is 6.20. The Labute approximate surface area is 155 Å². The van der Waals surface area contributed by atoms with Gasteiger partial charge in [-0.25, -0.2) is 9.97 Å². The molecule has 0 aliphatic rings. The molecule has 1 amide bonds. The van der Waals surface area contributed by atoms with E-state index in [1.54, 1.807) is 25.1 Å². The topological polar surface area (TPSA) is 126 Å². The number of amides is 1. The van der Waals surface area contributed by atoms with E-state index in [1.165, 1.54) is 22.7 Å². The lowest BCUT2D eigenvalue weighted by atomic mass is 10.2. The highest BCUT2D eigenvalue weighted by molar-refractivity contribution is 7.30. The van der Waals surface area contributed by atoms with Gasteiger partial charge in [-0.2, -0.15) is 0 Å². The van der Waals surface area contributed by atoms with Gasteiger partial charge in [-0.15, -0.1) is 11.3 Å². The smallest absolute Gasteiger partial charge is 0.267 e. The van der Waals surface area contributed by atoms with Crippen molar-refractivity contribution in [2.24, 2.45) is 0 Å². The number of aromatic nitrogens is 2. The fraction of sp³-hybridized carbons (Fsp3) is 0.188. The van der Waals surface area contributed by atoms with Crippen LogP contribution in [-0.2, 0) is 0 Å². The molecule has 10 heteroatoms. The summed E-state index contributed by atoms with van der Waals surface area (Å²) in [6.45, 7) is 2.21. The molecule has 4 aromatic rings. The highest BCUT2D eigenvalue weighted by Gasteiger charge is 2.20. The van der Waals surface area contributed by atoms with E-state index >= 15 is 0 Å². The third-order valence-corrected chi connectivity index (χ3v) is 5.90. The molecule has 0 aliphatic heterocycles. The SMILES string of the molecule is Cc1nc2cc(NC(=O)c3sc4nc(NCCO)sc4c3N)ccc2o1. The number of nitrogen functional groups attached to an aromatic ring is 1. The number of fused-ring (bicyclic) bond motifs is 2. The monoisotopic (exact) mass is 389 g/mol. The third-order valence-electron chi connectivity index (χ3n) is 3.63. The van der Waals surface area contributed by atoms with Crippen LogP contribution in [0.15, 0.2) is 22.6 Å². The van der Waals surface area contributed by atoms with Gasteiger partial charge in [0.05, 0.1) is 17.0 Å². The summed E-state index contributed by atoms with van der Waals surface area (Å²) >= 11 is 2.60. The molecule has 0 saturated heterocycles. The number of aliphatic hydroxyl groups is 1. The van der Waals surface area contributed by atoms with Crippen LogP contribution in [0.3, 0.4) is 0 Å². The van der Waals surface area contributed by atoms with Crippen LogP contribution in [0, 0.1) is 6.92 Å². The normalized spacial score (nSPS) is 11.3. The van der Waals surface area contributed by atoms with Crippen molar-refractivity contribution in [3.05, 3.63) is 29.0 Å². The van der Waals surface area contributed by atoms with Gasteiger partial charge in [-0.3, -0.25) is 4.79 Å². The molecule has 5 N–H and O–H groups in total. The minimum Gasteiger partial charge on any atom is -0.441 e. The fourth-order valence-corrected chi connectivity index (χ4v) is 4.63. The van der Waals surface area contributed by atoms with E-state index in [-0.39, 0.29) is 12.5 Å². The van der Waals surface area contributed by atoms with Gasteiger partial charge >= 0.3 is 0 Å². The molecule has 0 fully saturated rings. The lowest BCUT2D eigenvalue weighted by Gasteiger charge is -2.04. The zero-order chi connectivity index (χ0) is 18.3. The molecule has 0 saturated carbocycles. The Morgan fingerprint density at radius 3 is 2.96 bits per heavy atom. The maximum atomic E-state index is 12.6. The van der Waals surface area contributed by atoms with Crippen LogP contribution in [0.2, 0.25) is 0 Å². The lowest BCUT2D eigenvalue weighted by Crippen LogP contribution is -2.11. The molecule has 4 rings (SSSR count). The van der Waals surface area contributed by atoms with Crippen LogP contribution >= 0.6 is 22.7 Å². The van der Waals surface area contributed by atoms with E-state index in [4.69, 9.17) is 15.3 Å². The van der Waals surface area contributed by atoms with Crippen LogP contribution in [0.25, 0.3) is 20.6 Å². The number of nitrogens with one attached hydrogen (secondary N) is 2. The molecule has 3 heterocycles. The van der Waals surface area contributed by atoms with Crippen molar-refractivity contribution in [3.63, 3.8) is 0 Å². The summed E-state index contributed by atoms with van der Waals surface area (Å²) in [4.78, 5) is 22.4. The van der Waals surface area contributed by atoms with E-state index in [0.717, 1.165) is 4.70 Å². The first-order chi connectivity index (χ1) is 12.5. The first-order valence-electron chi connectivity index (χ1n) is 7.77. The number of hydrogen-bond donors (Lipinski definition) is 4. The van der Waals surface area contributed by atoms with Gasteiger partial charge in [0.25, 0.3) is 5.91 Å². The number of nitrogens with zero attached hydrogens (tertiary/aromatic N) is 2. The van der Waals surface area contributed by atoms with Crippen LogP contribution < -0.4 is 16.4 Å². The van der Waals surface area contributed by atoms with Crippen molar-refractivity contribution in [3.8, 4) is 0 Å². The zero-order valence-corrected chi connectivity index (χ0v) is 15.3. The number of anilines is 3. The molecule has 0 unspecified atom stereocenters. The summed E-state index contributed by atoms with van der Waals surface area (Å²) in [6.07, 6.45) is 0. The van der Waals surface area contributed by atoms with E-state index in [0.29, 0.717) is 49.7 Å². The highest BCUT2D eigenvalue weighted by atomic mass is 32.1. The van der Waals surface area contributed by atoms with E-state index in [2.05, 4.69) is 20.6 Å². The van der Waals surface area contributed by atoms with E-state index in [9.17, 15) is 4.79 Å². The number of oxazole rings is 1. The summed E-state index contributed by atoms with van der Waals surface area (Å²) in [5, 5.41) is 15.4. The van der Waals surface area contributed by atoms with Crippen molar-refractivity contribution in [1.29, 1.82) is 0 Å². The number of thiophene rings is 1. The van der Waals surface area contributed by atoms with Crippen LogP contribution in [-0.4, -0.2) is 34.1 Å². The number of aliphatic hydroxyl groups excluding tert-OH is 1. The van der Waals surface area contributed by atoms with Gasteiger partial charge in [0, 0.05) is 19.2 Å². The number of carbonyl (C=O) groups is 1. The zero-order valence-electron chi connectivity index (χ0n) is 13.7. The van der Waals surface area contributed by atoms with Gasteiger partial charge < -0.3 is 25.9 Å². The molecule has 0 bridgehead atoms. The van der Waals surface area contributed by atoms with Crippen molar-refractivity contribution in [2.45, 2.75) is 6.92 Å². The summed E-state index contributed by atoms with van der Waals surface area (Å²) in [5.74, 6) is 0.282. The minimum absolute atomic E-state index is 0.0196. The maximum absolute atomic E-state index is 12.6. The summed E-state index contributed by atoms with van der Waals surface area (Å²) in [6, 6.07) is 5.28. The summed E-state index contributed by atoms with van der Waals surface area (Å²) in [5.41, 5.74) is 8.53. The predicted octanol–water partition coefficient (Wildman–Crippen LogP) is 3.05. The van der Waals surface area contributed by atoms with Crippen LogP contribution in [0.4, 0.5) is 16.5 Å². The molecule has 0 aliphatic carbocycles. The molecular formula is C16H15N5O3S2. The first kappa shape index (κ1) is 16.8. The average molecular weight is 389 g/mol. The van der Waals surface area contributed by atoms with Crippen molar-refractivity contribution >= 4 is 65.7 Å². The number of aryl methyl sites for hydroxylation is 1. The Hall–Kier alpha value is -2.69. The highest BCUT2D eigenvalue weighted by Crippen LogP contribution is 2.39. The Kier molecular flexibility index (Phi) is 4.23. The number of nitrogens with two attached hydrogens (primary N) is 1. The minimum atomic E-state index is -0.290. The predicted molar refractivity (Wildman–Crippen MR) is 104 cm³/mol. The van der Waals surface area contributed by atoms with Gasteiger partial charge in [-0.05, 0) is 18.2 Å². The Morgan fingerprint density at radius 2 is 2.19 bits per heavy atom. The molecule has 1 aromatic carbocycles. The lowest BCUT2D eigenvalue weighted by molar-refractivity contribution is 0.103. The van der Waals surface area contributed by atoms with Gasteiger partial charge in [0.15, 0.2) is 16.6 Å². The number of benzene rings is 1. The number of rotatable bonds is 5. The molecule has 0 atom stereocenters. The number of carbonyl (C=O) groups excluding carboxylic acids is 1. The quantitative estimate of drug-likeness (QED) is 0.413. The van der Waals surface area contributed by atoms with Crippen molar-refractivity contribution in [1.82, 2.24) is 9.97 Å². The largest absolute Gasteiger partial charge is 0.441 e. The second kappa shape index (κ2) is 6.56. The number of hydrogen-bond acceptors (Lipinski definition) is 9.